The van der Waals surface area contributed by atoms with Gasteiger partial charge < -0.3 is 20.2 Å². The average molecular weight is 523 g/mol. The van der Waals surface area contributed by atoms with E-state index < -0.39 is 11.7 Å². The Balaban J connectivity index is 1.61. The van der Waals surface area contributed by atoms with Gasteiger partial charge in [-0.2, -0.15) is 0 Å². The summed E-state index contributed by atoms with van der Waals surface area (Å²) >= 11 is 0. The lowest BCUT2D eigenvalue weighted by molar-refractivity contribution is -0.120. The van der Waals surface area contributed by atoms with E-state index in [2.05, 4.69) is 26.0 Å². The van der Waals surface area contributed by atoms with Crippen molar-refractivity contribution in [1.29, 1.82) is 0 Å². The highest BCUT2D eigenvalue weighted by Gasteiger charge is 2.17. The highest BCUT2D eigenvalue weighted by molar-refractivity contribution is 5.83. The maximum absolute atomic E-state index is 13.1. The van der Waals surface area contributed by atoms with E-state index in [0.29, 0.717) is 29.5 Å². The van der Waals surface area contributed by atoms with Crippen LogP contribution in [0.25, 0.3) is 0 Å². The van der Waals surface area contributed by atoms with Gasteiger partial charge in [-0.1, -0.05) is 12.1 Å². The second-order valence-electron chi connectivity index (χ2n) is 9.68. The molecule has 0 aliphatic carbocycles. The molecule has 0 fully saturated rings. The number of amides is 2. The molecule has 11 heteroatoms. The summed E-state index contributed by atoms with van der Waals surface area (Å²) in [7, 11) is 1.54. The molecule has 0 saturated heterocycles. The predicted octanol–water partition coefficient (Wildman–Crippen LogP) is 3.21. The van der Waals surface area contributed by atoms with E-state index in [1.54, 1.807) is 71.3 Å². The van der Waals surface area contributed by atoms with Crippen molar-refractivity contribution in [3.05, 3.63) is 81.0 Å². The fraction of sp³-hybridized carbons (Fsp3) is 0.370. The molecule has 202 valence electrons. The molecule has 0 aliphatic heterocycles. The molecular formula is C27H34N6O5. The second-order valence-corrected chi connectivity index (χ2v) is 9.68. The van der Waals surface area contributed by atoms with Gasteiger partial charge in [0.2, 0.25) is 11.8 Å². The zero-order chi connectivity index (χ0) is 27.9. The molecule has 0 aliphatic rings. The molecule has 3 aromatic heterocycles. The van der Waals surface area contributed by atoms with Gasteiger partial charge >= 0.3 is 6.09 Å². The molecule has 0 bridgehead atoms. The lowest BCUT2D eigenvalue weighted by atomic mass is 10.1. The molecule has 2 amide bonds. The maximum Gasteiger partial charge on any atom is 0.413 e. The lowest BCUT2D eigenvalue weighted by Crippen LogP contribution is -2.34. The first-order valence-electron chi connectivity index (χ1n) is 12.1. The molecule has 3 rings (SSSR count). The first-order chi connectivity index (χ1) is 18.0. The minimum atomic E-state index is -0.618. The quantitative estimate of drug-likeness (QED) is 0.390. The molecule has 0 spiro atoms. The third kappa shape index (κ3) is 7.79. The minimum Gasteiger partial charge on any atom is -0.481 e. The number of nitrogens with zero attached hydrogens (tertiary/aromatic N) is 3. The molecule has 0 aromatic carbocycles. The summed E-state index contributed by atoms with van der Waals surface area (Å²) in [5.74, 6) is 0.522. The Morgan fingerprint density at radius 3 is 2.50 bits per heavy atom. The molecule has 0 saturated carbocycles. The normalized spacial score (nSPS) is 11.0. The van der Waals surface area contributed by atoms with Gasteiger partial charge in [-0.25, -0.2) is 19.4 Å². The topological polar surface area (TPSA) is 136 Å². The van der Waals surface area contributed by atoms with E-state index in [1.807, 2.05) is 6.07 Å². The summed E-state index contributed by atoms with van der Waals surface area (Å²) in [4.78, 5) is 46.3. The molecule has 3 aromatic rings. The van der Waals surface area contributed by atoms with Gasteiger partial charge in [-0.15, -0.1) is 0 Å². The molecule has 3 heterocycles. The fourth-order valence-electron chi connectivity index (χ4n) is 3.59. The monoisotopic (exact) mass is 522 g/mol. The van der Waals surface area contributed by atoms with Crippen LogP contribution >= 0.6 is 0 Å². The van der Waals surface area contributed by atoms with Gasteiger partial charge in [-0.05, 0) is 63.9 Å². The Morgan fingerprint density at radius 1 is 1.05 bits per heavy atom. The third-order valence-corrected chi connectivity index (χ3v) is 5.55. The van der Waals surface area contributed by atoms with Crippen LogP contribution in [-0.2, 0) is 29.0 Å². The van der Waals surface area contributed by atoms with E-state index in [9.17, 15) is 14.4 Å². The number of nitrogens with one attached hydrogen (secondary N) is 3. The predicted molar refractivity (Wildman–Crippen MR) is 144 cm³/mol. The molecule has 38 heavy (non-hydrogen) atoms. The van der Waals surface area contributed by atoms with Gasteiger partial charge in [-0.3, -0.25) is 14.9 Å². The molecule has 3 N–H and O–H groups in total. The number of ether oxygens (including phenoxy) is 2. The van der Waals surface area contributed by atoms with Gasteiger partial charge in [0.05, 0.1) is 20.1 Å². The van der Waals surface area contributed by atoms with Gasteiger partial charge in [0.25, 0.3) is 5.56 Å². The average Bonchev–Trinajstić information content (AvgIpc) is 2.84. The van der Waals surface area contributed by atoms with Crippen LogP contribution in [0.4, 0.5) is 10.6 Å². The van der Waals surface area contributed by atoms with Crippen molar-refractivity contribution >= 4 is 17.8 Å². The van der Waals surface area contributed by atoms with Crippen LogP contribution in [0.15, 0.2) is 47.5 Å². The second kappa shape index (κ2) is 12.2. The van der Waals surface area contributed by atoms with Crippen molar-refractivity contribution in [2.45, 2.75) is 59.7 Å². The number of hydrogen-bond donors (Lipinski definition) is 3. The Labute approximate surface area is 221 Å². The highest BCUT2D eigenvalue weighted by Crippen LogP contribution is 2.15. The van der Waals surface area contributed by atoms with Crippen molar-refractivity contribution in [1.82, 2.24) is 20.0 Å². The number of methoxy groups -OCH3 is 1. The van der Waals surface area contributed by atoms with Crippen LogP contribution in [0.3, 0.4) is 0 Å². The van der Waals surface area contributed by atoms with Crippen LogP contribution in [0.1, 0.15) is 48.7 Å². The number of anilines is 1. The third-order valence-electron chi connectivity index (χ3n) is 5.55. The number of carbonyl (C=O) groups is 2. The number of pyridine rings is 3. The smallest absolute Gasteiger partial charge is 0.413 e. The first-order valence-corrected chi connectivity index (χ1v) is 12.1. The molecule has 0 atom stereocenters. The van der Waals surface area contributed by atoms with Crippen molar-refractivity contribution < 1.29 is 19.1 Å². The van der Waals surface area contributed by atoms with E-state index in [4.69, 9.17) is 9.47 Å². The van der Waals surface area contributed by atoms with E-state index in [1.165, 1.54) is 11.8 Å². The van der Waals surface area contributed by atoms with Gasteiger partial charge in [0, 0.05) is 35.8 Å². The van der Waals surface area contributed by atoms with E-state index in [0.717, 1.165) is 16.7 Å². The van der Waals surface area contributed by atoms with Gasteiger partial charge in [0.15, 0.2) is 0 Å². The number of aromatic nitrogens is 3. The largest absolute Gasteiger partial charge is 0.481 e. The summed E-state index contributed by atoms with van der Waals surface area (Å²) < 4.78 is 11.8. The number of hydrogen-bond acceptors (Lipinski definition) is 8. The minimum absolute atomic E-state index is 0.0752. The Hall–Kier alpha value is -4.41. The van der Waals surface area contributed by atoms with Crippen LogP contribution in [0.2, 0.25) is 0 Å². The number of rotatable bonds is 9. The Morgan fingerprint density at radius 2 is 1.82 bits per heavy atom. The molecular weight excluding hydrogens is 488 g/mol. The van der Waals surface area contributed by atoms with Crippen molar-refractivity contribution in [2.24, 2.45) is 0 Å². The standard InChI is InChI=1S/C27H34N6O5/c1-17-11-13-33(30-16-20-8-7-12-28-24(20)37-6)25(35)21(17)14-23(34)29-15-19-9-10-22(31-18(19)2)32-26(36)38-27(3,4)5/h7-13,30H,14-16H2,1-6H3,(H,29,34)(H,31,32,36). The SMILES string of the molecule is COc1ncccc1CNn1ccc(C)c(CC(=O)NCc2ccc(NC(=O)OC(C)(C)C)nc2C)c1=O. The summed E-state index contributed by atoms with van der Waals surface area (Å²) in [6.07, 6.45) is 2.59. The fourth-order valence-corrected chi connectivity index (χ4v) is 3.59. The highest BCUT2D eigenvalue weighted by atomic mass is 16.6. The zero-order valence-corrected chi connectivity index (χ0v) is 22.5. The summed E-state index contributed by atoms with van der Waals surface area (Å²) in [5, 5.41) is 5.44. The Kier molecular flexibility index (Phi) is 9.06. The van der Waals surface area contributed by atoms with E-state index in [-0.39, 0.29) is 24.4 Å². The molecule has 0 unspecified atom stereocenters. The first kappa shape index (κ1) is 28.2. The summed E-state index contributed by atoms with van der Waals surface area (Å²) in [6, 6.07) is 8.83. The van der Waals surface area contributed by atoms with Gasteiger partial charge in [0.1, 0.15) is 11.4 Å². The lowest BCUT2D eigenvalue weighted by Gasteiger charge is -2.19. The van der Waals surface area contributed by atoms with Crippen molar-refractivity contribution in [3.63, 3.8) is 0 Å². The Bertz CT molecular complexity index is 1360. The van der Waals surface area contributed by atoms with Crippen LogP contribution in [0, 0.1) is 13.8 Å². The summed E-state index contributed by atoms with van der Waals surface area (Å²) in [6.45, 7) is 9.45. The van der Waals surface area contributed by atoms with Crippen LogP contribution in [-0.4, -0.2) is 39.4 Å². The van der Waals surface area contributed by atoms with E-state index >= 15 is 0 Å². The van der Waals surface area contributed by atoms with Crippen LogP contribution < -0.4 is 26.4 Å². The molecule has 0 radical (unpaired) electrons. The summed E-state index contributed by atoms with van der Waals surface area (Å²) in [5.41, 5.74) is 5.45. The number of carbonyl (C=O) groups excluding carboxylic acids is 2. The molecule has 11 nitrogen and oxygen atoms in total. The van der Waals surface area contributed by atoms with Crippen molar-refractivity contribution in [2.75, 3.05) is 17.9 Å². The van der Waals surface area contributed by atoms with Crippen LogP contribution in [0.5, 0.6) is 5.88 Å². The zero-order valence-electron chi connectivity index (χ0n) is 22.5. The maximum atomic E-state index is 13.1. The van der Waals surface area contributed by atoms with Crippen molar-refractivity contribution in [3.8, 4) is 5.88 Å². The number of aryl methyl sites for hydroxylation is 2.